The van der Waals surface area contributed by atoms with Crippen molar-refractivity contribution in [3.63, 3.8) is 0 Å². The molecular formula is C14H20ClN3S. The lowest BCUT2D eigenvalue weighted by Crippen LogP contribution is -2.45. The largest absolute Gasteiger partial charge is 0.389 e. The Kier molecular flexibility index (Phi) is 4.66. The number of hydrogen-bond donors (Lipinski definition) is 1. The fourth-order valence-electron chi connectivity index (χ4n) is 2.57. The fourth-order valence-corrected chi connectivity index (χ4v) is 2.91. The molecule has 1 aliphatic rings. The average molecular weight is 298 g/mol. The molecule has 0 aliphatic carbocycles. The van der Waals surface area contributed by atoms with Gasteiger partial charge in [-0.2, -0.15) is 0 Å². The van der Waals surface area contributed by atoms with Crippen LogP contribution in [-0.2, 0) is 0 Å². The highest BCUT2D eigenvalue weighted by Crippen LogP contribution is 2.28. The summed E-state index contributed by atoms with van der Waals surface area (Å²) < 4.78 is 0. The number of nitrogens with two attached hydrogens (primary N) is 1. The molecule has 0 spiro atoms. The lowest BCUT2D eigenvalue weighted by Gasteiger charge is -2.38. The van der Waals surface area contributed by atoms with Crippen LogP contribution >= 0.6 is 23.8 Å². The van der Waals surface area contributed by atoms with Gasteiger partial charge in [0.05, 0.1) is 0 Å². The van der Waals surface area contributed by atoms with E-state index in [2.05, 4.69) is 23.9 Å². The maximum absolute atomic E-state index is 6.12. The van der Waals surface area contributed by atoms with E-state index >= 15 is 0 Å². The third-order valence-electron chi connectivity index (χ3n) is 3.69. The van der Waals surface area contributed by atoms with Crippen molar-refractivity contribution in [2.24, 2.45) is 5.73 Å². The minimum Gasteiger partial charge on any atom is -0.389 e. The summed E-state index contributed by atoms with van der Waals surface area (Å²) in [6, 6.07) is 6.28. The van der Waals surface area contributed by atoms with E-state index in [0.29, 0.717) is 11.0 Å². The summed E-state index contributed by atoms with van der Waals surface area (Å²) in [6.07, 6.45) is 2.40. The van der Waals surface area contributed by atoms with Crippen LogP contribution in [0.1, 0.15) is 18.4 Å². The third kappa shape index (κ3) is 3.38. The van der Waals surface area contributed by atoms with E-state index < -0.39 is 0 Å². The Bertz CT molecular complexity index is 476. The normalized spacial score (nSPS) is 19.8. The highest BCUT2D eigenvalue weighted by Gasteiger charge is 2.23. The molecular weight excluding hydrogens is 278 g/mol. The van der Waals surface area contributed by atoms with Crippen LogP contribution < -0.4 is 10.6 Å². The molecule has 0 amide bonds. The molecule has 0 radical (unpaired) electrons. The van der Waals surface area contributed by atoms with E-state index in [9.17, 15) is 0 Å². The molecule has 5 heteroatoms. The number of benzene rings is 1. The molecule has 1 saturated heterocycles. The van der Waals surface area contributed by atoms with Crippen molar-refractivity contribution in [3.8, 4) is 0 Å². The van der Waals surface area contributed by atoms with Gasteiger partial charge in [0, 0.05) is 35.4 Å². The molecule has 1 aliphatic heterocycles. The molecule has 1 atom stereocenters. The predicted molar refractivity (Wildman–Crippen MR) is 86.3 cm³/mol. The summed E-state index contributed by atoms with van der Waals surface area (Å²) in [4.78, 5) is 5.05. The lowest BCUT2D eigenvalue weighted by molar-refractivity contribution is 0.258. The standard InChI is InChI=1S/C14H20ClN3S/c1-17(2)11-4-3-7-18(9-11)13-8-10(15)5-6-12(13)14(16)19/h5-6,8,11H,3-4,7,9H2,1-2H3,(H2,16,19). The average Bonchev–Trinajstić information content (AvgIpc) is 2.38. The minimum absolute atomic E-state index is 0.429. The number of halogens is 1. The Balaban J connectivity index is 2.30. The molecule has 0 aromatic heterocycles. The third-order valence-corrected chi connectivity index (χ3v) is 4.15. The van der Waals surface area contributed by atoms with Crippen molar-refractivity contribution in [1.82, 2.24) is 4.90 Å². The maximum atomic E-state index is 6.12. The number of rotatable bonds is 3. The number of anilines is 1. The van der Waals surface area contributed by atoms with Crippen molar-refractivity contribution in [2.75, 3.05) is 32.1 Å². The Morgan fingerprint density at radius 1 is 1.47 bits per heavy atom. The zero-order valence-electron chi connectivity index (χ0n) is 11.4. The SMILES string of the molecule is CN(C)C1CCCN(c2cc(Cl)ccc2C(N)=S)C1. The zero-order chi connectivity index (χ0) is 14.0. The first-order valence-corrected chi connectivity index (χ1v) is 7.28. The summed E-state index contributed by atoms with van der Waals surface area (Å²) in [7, 11) is 4.25. The van der Waals surface area contributed by atoms with Crippen LogP contribution in [0, 0.1) is 0 Å². The van der Waals surface area contributed by atoms with Crippen molar-refractivity contribution in [1.29, 1.82) is 0 Å². The van der Waals surface area contributed by atoms with Crippen LogP contribution in [0.2, 0.25) is 5.02 Å². The summed E-state index contributed by atoms with van der Waals surface area (Å²) in [5, 5.41) is 0.724. The number of thiocarbonyl (C=S) groups is 1. The Labute approximate surface area is 125 Å². The van der Waals surface area contributed by atoms with Gasteiger partial charge in [0.2, 0.25) is 0 Å². The summed E-state index contributed by atoms with van der Waals surface area (Å²) in [6.45, 7) is 2.02. The fraction of sp³-hybridized carbons (Fsp3) is 0.500. The molecule has 3 nitrogen and oxygen atoms in total. The highest BCUT2D eigenvalue weighted by molar-refractivity contribution is 7.80. The second kappa shape index (κ2) is 6.07. The van der Waals surface area contributed by atoms with Gasteiger partial charge >= 0.3 is 0 Å². The molecule has 1 aromatic rings. The van der Waals surface area contributed by atoms with Gasteiger partial charge in [0.25, 0.3) is 0 Å². The molecule has 2 N–H and O–H groups in total. The van der Waals surface area contributed by atoms with Gasteiger partial charge in [-0.15, -0.1) is 0 Å². The monoisotopic (exact) mass is 297 g/mol. The Morgan fingerprint density at radius 2 is 2.21 bits per heavy atom. The Hall–Kier alpha value is -0.840. The number of likely N-dealkylation sites (N-methyl/N-ethyl adjacent to an activating group) is 1. The van der Waals surface area contributed by atoms with Crippen LogP contribution in [0.25, 0.3) is 0 Å². The van der Waals surface area contributed by atoms with E-state index in [1.165, 1.54) is 12.8 Å². The predicted octanol–water partition coefficient (Wildman–Crippen LogP) is 2.50. The first kappa shape index (κ1) is 14.6. The molecule has 104 valence electrons. The topological polar surface area (TPSA) is 32.5 Å². The molecule has 19 heavy (non-hydrogen) atoms. The van der Waals surface area contributed by atoms with Crippen molar-refractivity contribution in [3.05, 3.63) is 28.8 Å². The van der Waals surface area contributed by atoms with E-state index in [1.807, 2.05) is 18.2 Å². The van der Waals surface area contributed by atoms with Gasteiger partial charge in [-0.3, -0.25) is 0 Å². The van der Waals surface area contributed by atoms with Gasteiger partial charge in [0.1, 0.15) is 4.99 Å². The molecule has 2 rings (SSSR count). The first-order chi connectivity index (χ1) is 8.99. The second-order valence-electron chi connectivity index (χ2n) is 5.23. The molecule has 0 saturated carbocycles. The zero-order valence-corrected chi connectivity index (χ0v) is 13.0. The summed E-state index contributed by atoms with van der Waals surface area (Å²) in [5.41, 5.74) is 7.79. The first-order valence-electron chi connectivity index (χ1n) is 6.50. The van der Waals surface area contributed by atoms with Gasteiger partial charge < -0.3 is 15.5 Å². The summed E-state index contributed by atoms with van der Waals surface area (Å²) >= 11 is 11.3. The van der Waals surface area contributed by atoms with Crippen LogP contribution in [0.5, 0.6) is 0 Å². The van der Waals surface area contributed by atoms with Gasteiger partial charge in [-0.05, 0) is 45.1 Å². The lowest BCUT2D eigenvalue weighted by atomic mass is 10.0. The van der Waals surface area contributed by atoms with E-state index in [4.69, 9.17) is 29.6 Å². The highest BCUT2D eigenvalue weighted by atomic mass is 35.5. The quantitative estimate of drug-likeness (QED) is 0.869. The molecule has 1 heterocycles. The van der Waals surface area contributed by atoms with Crippen LogP contribution in [0.3, 0.4) is 0 Å². The molecule has 1 unspecified atom stereocenters. The molecule has 0 bridgehead atoms. The Morgan fingerprint density at radius 3 is 2.84 bits per heavy atom. The second-order valence-corrected chi connectivity index (χ2v) is 6.11. The number of hydrogen-bond acceptors (Lipinski definition) is 3. The molecule has 1 fully saturated rings. The van der Waals surface area contributed by atoms with Gasteiger partial charge in [-0.1, -0.05) is 23.8 Å². The van der Waals surface area contributed by atoms with Crippen LogP contribution in [0.15, 0.2) is 18.2 Å². The van der Waals surface area contributed by atoms with Crippen LogP contribution in [-0.4, -0.2) is 43.1 Å². The van der Waals surface area contributed by atoms with Gasteiger partial charge in [0.15, 0.2) is 0 Å². The summed E-state index contributed by atoms with van der Waals surface area (Å²) in [5.74, 6) is 0. The van der Waals surface area contributed by atoms with Crippen LogP contribution in [0.4, 0.5) is 5.69 Å². The smallest absolute Gasteiger partial charge is 0.106 e. The maximum Gasteiger partial charge on any atom is 0.106 e. The molecule has 1 aromatic carbocycles. The van der Waals surface area contributed by atoms with Crippen molar-refractivity contribution >= 4 is 34.5 Å². The van der Waals surface area contributed by atoms with Gasteiger partial charge in [-0.25, -0.2) is 0 Å². The van der Waals surface area contributed by atoms with Crippen molar-refractivity contribution in [2.45, 2.75) is 18.9 Å². The minimum atomic E-state index is 0.429. The van der Waals surface area contributed by atoms with E-state index in [0.717, 1.165) is 29.4 Å². The number of piperidine rings is 1. The number of nitrogens with zero attached hydrogens (tertiary/aromatic N) is 2. The van der Waals surface area contributed by atoms with E-state index in [-0.39, 0.29) is 0 Å². The van der Waals surface area contributed by atoms with Crippen molar-refractivity contribution < 1.29 is 0 Å². The van der Waals surface area contributed by atoms with E-state index in [1.54, 1.807) is 0 Å².